The molecule has 0 fully saturated rings. The number of nitrogens with zero attached hydrogens (tertiary/aromatic N) is 1. The van der Waals surface area contributed by atoms with E-state index in [-0.39, 0.29) is 29.5 Å². The summed E-state index contributed by atoms with van der Waals surface area (Å²) in [6, 6.07) is 1.45. The van der Waals surface area contributed by atoms with Gasteiger partial charge in [0.15, 0.2) is 0 Å². The minimum Gasteiger partial charge on any atom is -0.465 e. The first-order valence-electron chi connectivity index (χ1n) is 5.92. The molecule has 0 radical (unpaired) electrons. The zero-order valence-electron chi connectivity index (χ0n) is 11.4. The van der Waals surface area contributed by atoms with Crippen molar-refractivity contribution in [3.05, 3.63) is 17.8 Å². The van der Waals surface area contributed by atoms with Crippen LogP contribution in [0.25, 0.3) is 0 Å². The van der Waals surface area contributed by atoms with E-state index in [0.717, 1.165) is 0 Å². The van der Waals surface area contributed by atoms with Gasteiger partial charge in [-0.15, -0.1) is 0 Å². The third-order valence-corrected chi connectivity index (χ3v) is 2.44. The van der Waals surface area contributed by atoms with Gasteiger partial charge in [-0.05, 0) is 6.07 Å². The number of amides is 1. The smallest absolute Gasteiger partial charge is 0.340 e. The second kappa shape index (κ2) is 7.95. The van der Waals surface area contributed by atoms with Gasteiger partial charge >= 0.3 is 5.97 Å². The number of hydrogen-bond acceptors (Lipinski definition) is 7. The standard InChI is InChI=1S/C12H18N4O4/c1-19-6-5-14-9(17)7-16-11-10(13)8(3-4-15-11)12(18)20-2/h3-4H,5-7,13H2,1-2H3,(H,14,17)(H,15,16). The van der Waals surface area contributed by atoms with Gasteiger partial charge in [-0.1, -0.05) is 0 Å². The third kappa shape index (κ3) is 4.39. The Kier molecular flexibility index (Phi) is 6.24. The summed E-state index contributed by atoms with van der Waals surface area (Å²) >= 11 is 0. The molecule has 0 atom stereocenters. The number of methoxy groups -OCH3 is 2. The fraction of sp³-hybridized carbons (Fsp3) is 0.417. The number of hydrogen-bond donors (Lipinski definition) is 3. The molecule has 1 heterocycles. The van der Waals surface area contributed by atoms with E-state index in [2.05, 4.69) is 20.4 Å². The van der Waals surface area contributed by atoms with Crippen molar-refractivity contribution in [2.75, 3.05) is 45.0 Å². The quantitative estimate of drug-likeness (QED) is 0.461. The summed E-state index contributed by atoms with van der Waals surface area (Å²) in [5, 5.41) is 5.40. The van der Waals surface area contributed by atoms with Crippen LogP contribution < -0.4 is 16.4 Å². The van der Waals surface area contributed by atoms with Crippen LogP contribution in [0.15, 0.2) is 12.3 Å². The highest BCUT2D eigenvalue weighted by Crippen LogP contribution is 2.20. The molecule has 110 valence electrons. The van der Waals surface area contributed by atoms with Crippen molar-refractivity contribution in [2.24, 2.45) is 0 Å². The number of pyridine rings is 1. The normalized spacial score (nSPS) is 9.90. The SMILES string of the molecule is COCCNC(=O)CNc1nccc(C(=O)OC)c1N. The van der Waals surface area contributed by atoms with Crippen LogP contribution in [0.1, 0.15) is 10.4 Å². The number of ether oxygens (including phenoxy) is 2. The topological polar surface area (TPSA) is 116 Å². The van der Waals surface area contributed by atoms with Crippen LogP contribution in [0.4, 0.5) is 11.5 Å². The summed E-state index contributed by atoms with van der Waals surface area (Å²) in [4.78, 5) is 26.9. The lowest BCUT2D eigenvalue weighted by molar-refractivity contribution is -0.119. The van der Waals surface area contributed by atoms with Crippen LogP contribution >= 0.6 is 0 Å². The number of nitrogens with one attached hydrogen (secondary N) is 2. The second-order valence-corrected chi connectivity index (χ2v) is 3.81. The van der Waals surface area contributed by atoms with Gasteiger partial charge in [-0.2, -0.15) is 0 Å². The summed E-state index contributed by atoms with van der Waals surface area (Å²) in [5.41, 5.74) is 6.13. The van der Waals surface area contributed by atoms with E-state index < -0.39 is 5.97 Å². The van der Waals surface area contributed by atoms with Gasteiger partial charge < -0.3 is 25.8 Å². The fourth-order valence-corrected chi connectivity index (χ4v) is 1.42. The summed E-state index contributed by atoms with van der Waals surface area (Å²) in [5.74, 6) is -0.529. The summed E-state index contributed by atoms with van der Waals surface area (Å²) in [6.07, 6.45) is 1.41. The lowest BCUT2D eigenvalue weighted by Crippen LogP contribution is -2.32. The molecular weight excluding hydrogens is 264 g/mol. The zero-order chi connectivity index (χ0) is 15.0. The lowest BCUT2D eigenvalue weighted by Gasteiger charge is -2.10. The van der Waals surface area contributed by atoms with E-state index in [1.54, 1.807) is 7.11 Å². The molecule has 8 heteroatoms. The Hall–Kier alpha value is -2.35. The molecule has 1 amide bonds. The van der Waals surface area contributed by atoms with Crippen molar-refractivity contribution >= 4 is 23.4 Å². The van der Waals surface area contributed by atoms with E-state index in [1.807, 2.05) is 0 Å². The molecule has 0 bridgehead atoms. The highest BCUT2D eigenvalue weighted by molar-refractivity contribution is 5.97. The van der Waals surface area contributed by atoms with E-state index in [9.17, 15) is 9.59 Å². The molecule has 8 nitrogen and oxygen atoms in total. The van der Waals surface area contributed by atoms with Crippen molar-refractivity contribution in [2.45, 2.75) is 0 Å². The molecule has 0 saturated carbocycles. The molecule has 1 rings (SSSR count). The van der Waals surface area contributed by atoms with Crippen LogP contribution in [-0.2, 0) is 14.3 Å². The van der Waals surface area contributed by atoms with E-state index in [1.165, 1.54) is 19.4 Å². The molecule has 0 unspecified atom stereocenters. The maximum atomic E-state index is 11.5. The lowest BCUT2D eigenvalue weighted by atomic mass is 10.2. The first-order chi connectivity index (χ1) is 9.60. The van der Waals surface area contributed by atoms with Crippen molar-refractivity contribution in [1.29, 1.82) is 0 Å². The van der Waals surface area contributed by atoms with Gasteiger partial charge in [0, 0.05) is 19.9 Å². The van der Waals surface area contributed by atoms with Gasteiger partial charge in [-0.3, -0.25) is 4.79 Å². The molecule has 1 aromatic heterocycles. The Balaban J connectivity index is 2.60. The molecule has 1 aromatic rings. The molecule has 20 heavy (non-hydrogen) atoms. The van der Waals surface area contributed by atoms with E-state index in [0.29, 0.717) is 13.2 Å². The summed E-state index contributed by atoms with van der Waals surface area (Å²) in [7, 11) is 2.81. The van der Waals surface area contributed by atoms with Crippen LogP contribution in [0.5, 0.6) is 0 Å². The zero-order valence-corrected chi connectivity index (χ0v) is 11.4. The Morgan fingerprint density at radius 2 is 2.15 bits per heavy atom. The first-order valence-corrected chi connectivity index (χ1v) is 5.92. The predicted octanol–water partition coefficient (Wildman–Crippen LogP) is -0.375. The Morgan fingerprint density at radius 3 is 2.80 bits per heavy atom. The molecule has 0 spiro atoms. The summed E-state index contributed by atoms with van der Waals surface area (Å²) < 4.78 is 9.41. The van der Waals surface area contributed by atoms with Gasteiger partial charge in [0.1, 0.15) is 5.82 Å². The second-order valence-electron chi connectivity index (χ2n) is 3.81. The summed E-state index contributed by atoms with van der Waals surface area (Å²) in [6.45, 7) is 0.845. The minimum atomic E-state index is -0.558. The minimum absolute atomic E-state index is 0.00839. The number of nitrogen functional groups attached to an aromatic ring is 1. The maximum Gasteiger partial charge on any atom is 0.340 e. The average Bonchev–Trinajstić information content (AvgIpc) is 2.45. The molecule has 4 N–H and O–H groups in total. The fourth-order valence-electron chi connectivity index (χ4n) is 1.42. The number of aromatic nitrogens is 1. The average molecular weight is 282 g/mol. The highest BCUT2D eigenvalue weighted by atomic mass is 16.5. The van der Waals surface area contributed by atoms with E-state index >= 15 is 0 Å². The molecule has 0 aliphatic carbocycles. The number of esters is 1. The van der Waals surface area contributed by atoms with Crippen LogP contribution in [0.2, 0.25) is 0 Å². The van der Waals surface area contributed by atoms with Crippen LogP contribution in [-0.4, -0.2) is 50.8 Å². The maximum absolute atomic E-state index is 11.5. The predicted molar refractivity (Wildman–Crippen MR) is 73.4 cm³/mol. The van der Waals surface area contributed by atoms with Gasteiger partial charge in [0.2, 0.25) is 5.91 Å². The van der Waals surface area contributed by atoms with Crippen molar-refractivity contribution in [1.82, 2.24) is 10.3 Å². The van der Waals surface area contributed by atoms with Crippen LogP contribution in [0.3, 0.4) is 0 Å². The number of carbonyl (C=O) groups excluding carboxylic acids is 2. The number of anilines is 2. The number of rotatable bonds is 7. The van der Waals surface area contributed by atoms with Gasteiger partial charge in [0.25, 0.3) is 0 Å². The van der Waals surface area contributed by atoms with Gasteiger partial charge in [-0.25, -0.2) is 9.78 Å². The third-order valence-electron chi connectivity index (χ3n) is 2.44. The molecular formula is C12H18N4O4. The Labute approximate surface area is 116 Å². The Bertz CT molecular complexity index is 479. The van der Waals surface area contributed by atoms with Crippen molar-refractivity contribution in [3.63, 3.8) is 0 Å². The Morgan fingerprint density at radius 1 is 1.40 bits per heavy atom. The van der Waals surface area contributed by atoms with Gasteiger partial charge in [0.05, 0.1) is 31.5 Å². The molecule has 0 aromatic carbocycles. The van der Waals surface area contributed by atoms with Crippen molar-refractivity contribution in [3.8, 4) is 0 Å². The highest BCUT2D eigenvalue weighted by Gasteiger charge is 2.14. The first kappa shape index (κ1) is 15.7. The molecule has 0 aliphatic rings. The number of carbonyl (C=O) groups is 2. The van der Waals surface area contributed by atoms with E-state index in [4.69, 9.17) is 10.5 Å². The number of nitrogens with two attached hydrogens (primary N) is 1. The largest absolute Gasteiger partial charge is 0.465 e. The monoisotopic (exact) mass is 282 g/mol. The van der Waals surface area contributed by atoms with Crippen LogP contribution in [0, 0.1) is 0 Å². The molecule has 0 saturated heterocycles. The molecule has 0 aliphatic heterocycles. The van der Waals surface area contributed by atoms with Crippen molar-refractivity contribution < 1.29 is 19.1 Å².